The number of nitrogens with zero attached hydrogens (tertiary/aromatic N) is 2. The molecule has 2 aromatic rings. The van der Waals surface area contributed by atoms with Gasteiger partial charge in [0.15, 0.2) is 0 Å². The zero-order valence-electron chi connectivity index (χ0n) is 13.9. The summed E-state index contributed by atoms with van der Waals surface area (Å²) in [6, 6.07) is 5.93. The molecular formula is C17H22N4O2. The van der Waals surface area contributed by atoms with Gasteiger partial charge in [0.25, 0.3) is 5.91 Å². The molecule has 0 fully saturated rings. The number of amides is 1. The fourth-order valence-electron chi connectivity index (χ4n) is 2.41. The van der Waals surface area contributed by atoms with Crippen molar-refractivity contribution in [1.29, 1.82) is 0 Å². The van der Waals surface area contributed by atoms with Gasteiger partial charge in [0.1, 0.15) is 12.4 Å². The first-order chi connectivity index (χ1) is 10.9. The normalized spacial score (nSPS) is 10.4. The maximum Gasteiger partial charge on any atom is 0.255 e. The van der Waals surface area contributed by atoms with Gasteiger partial charge in [0, 0.05) is 6.54 Å². The lowest BCUT2D eigenvalue weighted by Gasteiger charge is -2.14. The van der Waals surface area contributed by atoms with Crippen molar-refractivity contribution in [3.63, 3.8) is 0 Å². The molecule has 0 atom stereocenters. The van der Waals surface area contributed by atoms with Crippen LogP contribution in [0.25, 0.3) is 0 Å². The smallest absolute Gasteiger partial charge is 0.255 e. The predicted molar refractivity (Wildman–Crippen MR) is 89.4 cm³/mol. The summed E-state index contributed by atoms with van der Waals surface area (Å²) in [6.07, 6.45) is 0. The summed E-state index contributed by atoms with van der Waals surface area (Å²) in [5.41, 5.74) is 9.36. The molecular weight excluding hydrogens is 292 g/mol. The fraction of sp³-hybridized carbons (Fsp3) is 0.353. The summed E-state index contributed by atoms with van der Waals surface area (Å²) < 4.78 is 5.83. The van der Waals surface area contributed by atoms with Crippen molar-refractivity contribution >= 4 is 11.9 Å². The molecule has 0 radical (unpaired) electrons. The van der Waals surface area contributed by atoms with Crippen LogP contribution < -0.4 is 15.8 Å². The van der Waals surface area contributed by atoms with E-state index in [-0.39, 0.29) is 18.5 Å². The molecule has 1 amide bonds. The van der Waals surface area contributed by atoms with Crippen LogP contribution in [0.1, 0.15) is 39.8 Å². The molecule has 0 aliphatic carbocycles. The Labute approximate surface area is 136 Å². The first-order valence-electron chi connectivity index (χ1n) is 7.53. The highest BCUT2D eigenvalue weighted by Gasteiger charge is 2.18. The van der Waals surface area contributed by atoms with E-state index in [1.165, 1.54) is 5.56 Å². The lowest BCUT2D eigenvalue weighted by Crippen LogP contribution is -2.26. The lowest BCUT2D eigenvalue weighted by molar-refractivity contribution is 0.0951. The third kappa shape index (κ3) is 3.97. The van der Waals surface area contributed by atoms with Crippen LogP contribution in [0.15, 0.2) is 18.2 Å². The Bertz CT molecular complexity index is 729. The van der Waals surface area contributed by atoms with Gasteiger partial charge >= 0.3 is 0 Å². The predicted octanol–water partition coefficient (Wildman–Crippen LogP) is 2.31. The maximum absolute atomic E-state index is 12.2. The van der Waals surface area contributed by atoms with Gasteiger partial charge in [0.2, 0.25) is 5.95 Å². The van der Waals surface area contributed by atoms with Gasteiger partial charge in [-0.05, 0) is 39.3 Å². The second kappa shape index (κ2) is 7.09. The van der Waals surface area contributed by atoms with Crippen LogP contribution in [0.3, 0.4) is 0 Å². The molecule has 2 rings (SSSR count). The second-order valence-corrected chi connectivity index (χ2v) is 5.41. The number of nitrogens with two attached hydrogens (primary N) is 1. The van der Waals surface area contributed by atoms with Gasteiger partial charge in [-0.15, -0.1) is 0 Å². The summed E-state index contributed by atoms with van der Waals surface area (Å²) in [4.78, 5) is 20.5. The SMILES string of the molecule is CCNC(=O)c1c(C)nc(N)nc1COc1ccc(C)cc1C. The van der Waals surface area contributed by atoms with E-state index in [0.29, 0.717) is 23.5 Å². The molecule has 0 unspecified atom stereocenters. The quantitative estimate of drug-likeness (QED) is 0.884. The highest BCUT2D eigenvalue weighted by molar-refractivity contribution is 5.96. The number of ether oxygens (including phenoxy) is 1. The molecule has 6 nitrogen and oxygen atoms in total. The average Bonchev–Trinajstić information content (AvgIpc) is 2.45. The second-order valence-electron chi connectivity index (χ2n) is 5.41. The first-order valence-corrected chi connectivity index (χ1v) is 7.53. The molecule has 1 aromatic carbocycles. The molecule has 0 saturated heterocycles. The monoisotopic (exact) mass is 314 g/mol. The number of aryl methyl sites for hydroxylation is 3. The van der Waals surface area contributed by atoms with E-state index in [9.17, 15) is 4.79 Å². The standard InChI is InChI=1S/C17H22N4O2/c1-5-19-16(22)15-12(4)20-17(18)21-13(15)9-23-14-7-6-10(2)8-11(14)3/h6-8H,5,9H2,1-4H3,(H,19,22)(H2,18,20,21). The van der Waals surface area contributed by atoms with Gasteiger partial charge in [0.05, 0.1) is 17.0 Å². The maximum atomic E-state index is 12.2. The molecule has 0 aliphatic rings. The fourth-order valence-corrected chi connectivity index (χ4v) is 2.41. The van der Waals surface area contributed by atoms with Gasteiger partial charge < -0.3 is 15.8 Å². The van der Waals surface area contributed by atoms with E-state index < -0.39 is 0 Å². The Morgan fingerprint density at radius 3 is 2.65 bits per heavy atom. The van der Waals surface area contributed by atoms with Crippen molar-refractivity contribution in [2.45, 2.75) is 34.3 Å². The summed E-state index contributed by atoms with van der Waals surface area (Å²) >= 11 is 0. The highest BCUT2D eigenvalue weighted by Crippen LogP contribution is 2.21. The van der Waals surface area contributed by atoms with Crippen molar-refractivity contribution in [3.05, 3.63) is 46.3 Å². The average molecular weight is 314 g/mol. The lowest BCUT2D eigenvalue weighted by atomic mass is 10.1. The van der Waals surface area contributed by atoms with Crippen LogP contribution in [0, 0.1) is 20.8 Å². The molecule has 1 aromatic heterocycles. The van der Waals surface area contributed by atoms with Gasteiger partial charge in [-0.1, -0.05) is 17.7 Å². The summed E-state index contributed by atoms with van der Waals surface area (Å²) in [7, 11) is 0. The molecule has 0 bridgehead atoms. The molecule has 0 aliphatic heterocycles. The van der Waals surface area contributed by atoms with Crippen molar-refractivity contribution < 1.29 is 9.53 Å². The number of benzene rings is 1. The van der Waals surface area contributed by atoms with Crippen LogP contribution in [0.2, 0.25) is 0 Å². The van der Waals surface area contributed by atoms with Crippen molar-refractivity contribution in [1.82, 2.24) is 15.3 Å². The number of carbonyl (C=O) groups is 1. The Morgan fingerprint density at radius 2 is 2.00 bits per heavy atom. The Morgan fingerprint density at radius 1 is 1.26 bits per heavy atom. The first kappa shape index (κ1) is 16.7. The number of rotatable bonds is 5. The minimum atomic E-state index is -0.218. The van der Waals surface area contributed by atoms with E-state index in [0.717, 1.165) is 11.3 Å². The number of nitrogen functional groups attached to an aromatic ring is 1. The molecule has 0 spiro atoms. The number of hydrogen-bond donors (Lipinski definition) is 2. The van der Waals surface area contributed by atoms with Crippen LogP contribution in [0.5, 0.6) is 5.75 Å². The minimum Gasteiger partial charge on any atom is -0.487 e. The third-order valence-electron chi connectivity index (χ3n) is 3.44. The molecule has 0 saturated carbocycles. The Kier molecular flexibility index (Phi) is 5.16. The molecule has 122 valence electrons. The zero-order valence-corrected chi connectivity index (χ0v) is 13.9. The van der Waals surface area contributed by atoms with Gasteiger partial charge in [-0.25, -0.2) is 9.97 Å². The number of hydrogen-bond acceptors (Lipinski definition) is 5. The molecule has 23 heavy (non-hydrogen) atoms. The van der Waals surface area contributed by atoms with Crippen LogP contribution in [-0.2, 0) is 6.61 Å². The number of nitrogens with one attached hydrogen (secondary N) is 1. The largest absolute Gasteiger partial charge is 0.487 e. The highest BCUT2D eigenvalue weighted by atomic mass is 16.5. The molecule has 1 heterocycles. The number of aromatic nitrogens is 2. The topological polar surface area (TPSA) is 90.1 Å². The molecule has 6 heteroatoms. The van der Waals surface area contributed by atoms with Crippen LogP contribution >= 0.6 is 0 Å². The van der Waals surface area contributed by atoms with E-state index in [4.69, 9.17) is 10.5 Å². The van der Waals surface area contributed by atoms with Crippen molar-refractivity contribution in [2.24, 2.45) is 0 Å². The Balaban J connectivity index is 2.29. The summed E-state index contributed by atoms with van der Waals surface area (Å²) in [6.45, 7) is 8.29. The number of carbonyl (C=O) groups excluding carboxylic acids is 1. The Hall–Kier alpha value is -2.63. The number of anilines is 1. The van der Waals surface area contributed by atoms with Crippen LogP contribution in [0.4, 0.5) is 5.95 Å². The van der Waals surface area contributed by atoms with Gasteiger partial charge in [-0.2, -0.15) is 0 Å². The minimum absolute atomic E-state index is 0.134. The van der Waals surface area contributed by atoms with Crippen molar-refractivity contribution in [3.8, 4) is 5.75 Å². The van der Waals surface area contributed by atoms with E-state index in [1.54, 1.807) is 6.92 Å². The zero-order chi connectivity index (χ0) is 17.0. The van der Waals surface area contributed by atoms with E-state index >= 15 is 0 Å². The van der Waals surface area contributed by atoms with Crippen LogP contribution in [-0.4, -0.2) is 22.4 Å². The third-order valence-corrected chi connectivity index (χ3v) is 3.44. The van der Waals surface area contributed by atoms with E-state index in [2.05, 4.69) is 15.3 Å². The summed E-state index contributed by atoms with van der Waals surface area (Å²) in [5, 5.41) is 2.76. The molecule has 3 N–H and O–H groups in total. The van der Waals surface area contributed by atoms with E-state index in [1.807, 2.05) is 39.0 Å². The summed E-state index contributed by atoms with van der Waals surface area (Å²) in [5.74, 6) is 0.672. The van der Waals surface area contributed by atoms with Crippen molar-refractivity contribution in [2.75, 3.05) is 12.3 Å². The van der Waals surface area contributed by atoms with Gasteiger partial charge in [-0.3, -0.25) is 4.79 Å².